The molecule has 0 aliphatic carbocycles. The van der Waals surface area contributed by atoms with Crippen LogP contribution < -0.4 is 5.32 Å². The van der Waals surface area contributed by atoms with Crippen molar-refractivity contribution in [2.24, 2.45) is 0 Å². The molecule has 1 amide bonds. The molecule has 0 aliphatic heterocycles. The van der Waals surface area contributed by atoms with E-state index in [1.165, 1.54) is 6.92 Å². The molecular weight excluding hydrogens is 326 g/mol. The van der Waals surface area contributed by atoms with E-state index in [1.807, 2.05) is 60.7 Å². The number of benzene rings is 3. The highest BCUT2D eigenvalue weighted by molar-refractivity contribution is 6.03. The summed E-state index contributed by atoms with van der Waals surface area (Å²) in [5.74, 6) is -0.0744. The molecule has 0 heterocycles. The summed E-state index contributed by atoms with van der Waals surface area (Å²) in [6.45, 7) is 1.39. The van der Waals surface area contributed by atoms with Crippen molar-refractivity contribution in [2.45, 2.75) is 13.3 Å². The summed E-state index contributed by atoms with van der Waals surface area (Å²) < 4.78 is 0. The van der Waals surface area contributed by atoms with Crippen LogP contribution in [-0.2, 0) is 9.59 Å². The fraction of sp³-hybridized carbons (Fsp3) is 0.0909. The lowest BCUT2D eigenvalue weighted by Crippen LogP contribution is -2.14. The van der Waals surface area contributed by atoms with Crippen molar-refractivity contribution in [3.63, 3.8) is 0 Å². The molecule has 0 aromatic heterocycles. The molecule has 0 atom stereocenters. The van der Waals surface area contributed by atoms with Gasteiger partial charge in [0.2, 0.25) is 5.91 Å². The number of ketones is 1. The maximum Gasteiger partial charge on any atom is 0.231 e. The van der Waals surface area contributed by atoms with Crippen molar-refractivity contribution >= 4 is 17.4 Å². The molecule has 2 N–H and O–H groups in total. The normalized spacial score (nSPS) is 8.81. The highest BCUT2D eigenvalue weighted by atomic mass is 16.3. The van der Waals surface area contributed by atoms with Gasteiger partial charge < -0.3 is 10.4 Å². The second-order valence-electron chi connectivity index (χ2n) is 5.28. The molecule has 0 bridgehead atoms. The zero-order chi connectivity index (χ0) is 19.0. The van der Waals surface area contributed by atoms with Crippen LogP contribution in [0.15, 0.2) is 97.1 Å². The second kappa shape index (κ2) is 13.0. The Morgan fingerprint density at radius 2 is 1.12 bits per heavy atom. The van der Waals surface area contributed by atoms with Gasteiger partial charge in [-0.25, -0.2) is 0 Å². The van der Waals surface area contributed by atoms with Gasteiger partial charge in [-0.15, -0.1) is 0 Å². The van der Waals surface area contributed by atoms with Crippen molar-refractivity contribution < 1.29 is 14.7 Å². The Balaban J connectivity index is 0.000000217. The standard InChI is InChI=1S/C10H11NO2.C6H6O.C6H6/c1-8(12)7-10(13)11-9-5-3-2-4-6-9;7-6-4-2-1-3-5-6;1-2-4-6-5-3-1/h2-6H,7H2,1H3,(H,11,13);1-5,7H;1-6H. The first-order chi connectivity index (χ1) is 12.6. The Labute approximate surface area is 154 Å². The summed E-state index contributed by atoms with van der Waals surface area (Å²) in [6, 6.07) is 29.8. The summed E-state index contributed by atoms with van der Waals surface area (Å²) in [4.78, 5) is 21.7. The number of para-hydroxylation sites is 2. The van der Waals surface area contributed by atoms with Crippen molar-refractivity contribution in [1.82, 2.24) is 0 Å². The van der Waals surface area contributed by atoms with Crippen LogP contribution in [0, 0.1) is 0 Å². The van der Waals surface area contributed by atoms with Crippen LogP contribution in [0.5, 0.6) is 5.75 Å². The van der Waals surface area contributed by atoms with Gasteiger partial charge in [0.25, 0.3) is 0 Å². The topological polar surface area (TPSA) is 66.4 Å². The first-order valence-corrected chi connectivity index (χ1v) is 8.16. The number of hydrogen-bond acceptors (Lipinski definition) is 3. The molecule has 0 spiro atoms. The number of anilines is 1. The Hall–Kier alpha value is -3.40. The van der Waals surface area contributed by atoms with Gasteiger partial charge in [0.1, 0.15) is 11.5 Å². The summed E-state index contributed by atoms with van der Waals surface area (Å²) in [7, 11) is 0. The largest absolute Gasteiger partial charge is 0.508 e. The molecule has 3 aromatic carbocycles. The third-order valence-corrected chi connectivity index (χ3v) is 2.89. The number of nitrogens with one attached hydrogen (secondary N) is 1. The van der Waals surface area contributed by atoms with E-state index in [4.69, 9.17) is 5.11 Å². The van der Waals surface area contributed by atoms with Gasteiger partial charge in [0.05, 0.1) is 6.42 Å². The highest BCUT2D eigenvalue weighted by Crippen LogP contribution is 2.05. The third kappa shape index (κ3) is 11.2. The Morgan fingerprint density at radius 1 is 0.731 bits per heavy atom. The van der Waals surface area contributed by atoms with Gasteiger partial charge >= 0.3 is 0 Å². The van der Waals surface area contributed by atoms with E-state index in [0.717, 1.165) is 0 Å². The Kier molecular flexibility index (Phi) is 10.3. The van der Waals surface area contributed by atoms with Gasteiger partial charge in [0.15, 0.2) is 0 Å². The molecule has 0 fully saturated rings. The van der Waals surface area contributed by atoms with Crippen molar-refractivity contribution in [2.75, 3.05) is 5.32 Å². The van der Waals surface area contributed by atoms with Crippen molar-refractivity contribution in [3.05, 3.63) is 97.1 Å². The molecule has 26 heavy (non-hydrogen) atoms. The lowest BCUT2D eigenvalue weighted by atomic mass is 10.2. The van der Waals surface area contributed by atoms with Crippen LogP contribution in [0.1, 0.15) is 13.3 Å². The maximum atomic E-state index is 11.1. The fourth-order valence-electron chi connectivity index (χ4n) is 1.77. The predicted octanol–water partition coefficient (Wildman–Crippen LogP) is 4.68. The number of rotatable bonds is 3. The van der Waals surface area contributed by atoms with Crippen LogP contribution in [-0.4, -0.2) is 16.8 Å². The minimum absolute atomic E-state index is 0.0606. The molecule has 134 valence electrons. The lowest BCUT2D eigenvalue weighted by molar-refractivity contribution is -0.124. The van der Waals surface area contributed by atoms with E-state index < -0.39 is 0 Å². The Bertz CT molecular complexity index is 717. The summed E-state index contributed by atoms with van der Waals surface area (Å²) >= 11 is 0. The summed E-state index contributed by atoms with van der Waals surface area (Å²) in [6.07, 6.45) is -0.0606. The zero-order valence-electron chi connectivity index (χ0n) is 14.7. The average molecular weight is 349 g/mol. The number of Topliss-reactive ketones (excluding diaryl/α,β-unsaturated/α-hetero) is 1. The minimum atomic E-state index is -0.265. The third-order valence-electron chi connectivity index (χ3n) is 2.89. The van der Waals surface area contributed by atoms with Crippen molar-refractivity contribution in [3.8, 4) is 5.75 Å². The number of phenolic OH excluding ortho intramolecular Hbond substituents is 1. The molecule has 4 heteroatoms. The molecule has 0 saturated heterocycles. The Morgan fingerprint density at radius 3 is 1.46 bits per heavy atom. The molecule has 0 saturated carbocycles. The number of aromatic hydroxyl groups is 1. The first-order valence-electron chi connectivity index (χ1n) is 8.16. The molecule has 3 rings (SSSR count). The molecule has 0 radical (unpaired) electrons. The van der Waals surface area contributed by atoms with Gasteiger partial charge in [0, 0.05) is 5.69 Å². The predicted molar refractivity (Wildman–Crippen MR) is 105 cm³/mol. The van der Waals surface area contributed by atoms with Crippen LogP contribution >= 0.6 is 0 Å². The van der Waals surface area contributed by atoms with Gasteiger partial charge in [-0.3, -0.25) is 9.59 Å². The van der Waals surface area contributed by atoms with Crippen LogP contribution in [0.3, 0.4) is 0 Å². The van der Waals surface area contributed by atoms with Crippen molar-refractivity contribution in [1.29, 1.82) is 0 Å². The van der Waals surface area contributed by atoms with Gasteiger partial charge in [-0.2, -0.15) is 0 Å². The average Bonchev–Trinajstić information content (AvgIpc) is 2.65. The highest BCUT2D eigenvalue weighted by Gasteiger charge is 2.04. The number of phenols is 1. The quantitative estimate of drug-likeness (QED) is 0.675. The van der Waals surface area contributed by atoms with E-state index in [-0.39, 0.29) is 18.1 Å². The van der Waals surface area contributed by atoms with Crippen LogP contribution in [0.4, 0.5) is 5.69 Å². The molecule has 3 aromatic rings. The van der Waals surface area contributed by atoms with Gasteiger partial charge in [-0.1, -0.05) is 72.8 Å². The zero-order valence-corrected chi connectivity index (χ0v) is 14.7. The number of carbonyl (C=O) groups excluding carboxylic acids is 2. The lowest BCUT2D eigenvalue weighted by Gasteiger charge is -2.01. The van der Waals surface area contributed by atoms with Crippen LogP contribution in [0.25, 0.3) is 0 Å². The van der Waals surface area contributed by atoms with E-state index in [1.54, 1.807) is 36.4 Å². The smallest absolute Gasteiger partial charge is 0.231 e. The summed E-state index contributed by atoms with van der Waals surface area (Å²) in [5, 5.41) is 11.2. The monoisotopic (exact) mass is 349 g/mol. The number of hydrogen-bond donors (Lipinski definition) is 2. The number of amides is 1. The molecule has 0 aliphatic rings. The summed E-state index contributed by atoms with van der Waals surface area (Å²) in [5.41, 5.74) is 0.716. The first kappa shape index (κ1) is 20.6. The molecular formula is C22H23NO3. The molecule has 0 unspecified atom stereocenters. The fourth-order valence-corrected chi connectivity index (χ4v) is 1.77. The minimum Gasteiger partial charge on any atom is -0.508 e. The number of carbonyl (C=O) groups is 2. The van der Waals surface area contributed by atoms with E-state index in [9.17, 15) is 9.59 Å². The van der Waals surface area contributed by atoms with Gasteiger partial charge in [-0.05, 0) is 31.2 Å². The van der Waals surface area contributed by atoms with E-state index in [0.29, 0.717) is 11.4 Å². The van der Waals surface area contributed by atoms with Crippen LogP contribution in [0.2, 0.25) is 0 Å². The van der Waals surface area contributed by atoms with E-state index in [2.05, 4.69) is 5.32 Å². The van der Waals surface area contributed by atoms with E-state index >= 15 is 0 Å². The second-order valence-corrected chi connectivity index (χ2v) is 5.28. The SMILES string of the molecule is CC(=O)CC(=O)Nc1ccccc1.Oc1ccccc1.c1ccccc1. The maximum absolute atomic E-state index is 11.1. The molecule has 4 nitrogen and oxygen atoms in total.